The van der Waals surface area contributed by atoms with Crippen molar-refractivity contribution >= 4 is 34.0 Å². The van der Waals surface area contributed by atoms with Crippen molar-refractivity contribution in [3.05, 3.63) is 62.0 Å². The number of nitrogens with zero attached hydrogens (tertiary/aromatic N) is 3. The summed E-state index contributed by atoms with van der Waals surface area (Å²) in [6, 6.07) is 11.2. The van der Waals surface area contributed by atoms with Crippen molar-refractivity contribution in [2.45, 2.75) is 45.7 Å². The maximum absolute atomic E-state index is 12.4. The average Bonchev–Trinajstić information content (AvgIpc) is 3.43. The molecule has 3 rings (SSSR count). The molecule has 9 heteroatoms. The molecule has 0 saturated carbocycles. The fourth-order valence-corrected chi connectivity index (χ4v) is 5.00. The van der Waals surface area contributed by atoms with E-state index in [2.05, 4.69) is 17.1 Å². The number of rotatable bonds is 11. The van der Waals surface area contributed by atoms with E-state index in [4.69, 9.17) is 11.6 Å². The van der Waals surface area contributed by atoms with Gasteiger partial charge in [0.1, 0.15) is 0 Å². The molecule has 1 atom stereocenters. The number of thiophene rings is 1. The monoisotopic (exact) mass is 478 g/mol. The Bertz CT molecular complexity index is 890. The summed E-state index contributed by atoms with van der Waals surface area (Å²) in [6.45, 7) is 6.58. The zero-order valence-electron chi connectivity index (χ0n) is 18.5. The minimum atomic E-state index is -0.342. The van der Waals surface area contributed by atoms with Gasteiger partial charge in [-0.3, -0.25) is 15.0 Å². The van der Waals surface area contributed by atoms with Gasteiger partial charge in [-0.15, -0.1) is 0 Å². The van der Waals surface area contributed by atoms with E-state index in [0.29, 0.717) is 17.5 Å². The molecule has 1 aromatic carbocycles. The highest BCUT2D eigenvalue weighted by molar-refractivity contribution is 7.15. The molecule has 0 bridgehead atoms. The van der Waals surface area contributed by atoms with Crippen molar-refractivity contribution in [1.29, 1.82) is 0 Å². The SMILES string of the molecule is CCCCCNC(=O)N1CC[C@@H](CN(Cc2ccc(Cl)cc2)Cc2ccc([N+](=O)[O-])s2)C1. The van der Waals surface area contributed by atoms with Crippen LogP contribution < -0.4 is 5.32 Å². The number of benzene rings is 1. The second-order valence-electron chi connectivity index (χ2n) is 8.33. The van der Waals surface area contributed by atoms with Crippen LogP contribution in [0.3, 0.4) is 0 Å². The van der Waals surface area contributed by atoms with Gasteiger partial charge in [0, 0.05) is 55.2 Å². The van der Waals surface area contributed by atoms with E-state index in [-0.39, 0.29) is 16.0 Å². The first-order valence-electron chi connectivity index (χ1n) is 11.2. The standard InChI is InChI=1S/C23H31ClN4O3S/c1-2-3-4-12-25-23(29)27-13-11-19(16-27)15-26(14-18-5-7-20(24)8-6-18)17-21-9-10-22(32-21)28(30)31/h5-10,19H,2-4,11-17H2,1H3,(H,25,29)/t19-/m0/s1. The summed E-state index contributed by atoms with van der Waals surface area (Å²) in [4.78, 5) is 28.4. The van der Waals surface area contributed by atoms with Gasteiger partial charge in [0.05, 0.1) is 4.92 Å². The highest BCUT2D eigenvalue weighted by Crippen LogP contribution is 2.27. The van der Waals surface area contributed by atoms with Gasteiger partial charge in [0.2, 0.25) is 0 Å². The van der Waals surface area contributed by atoms with E-state index in [1.807, 2.05) is 35.2 Å². The lowest BCUT2D eigenvalue weighted by Crippen LogP contribution is -2.39. The first-order chi connectivity index (χ1) is 15.4. The van der Waals surface area contributed by atoms with Gasteiger partial charge >= 0.3 is 11.0 Å². The Morgan fingerprint density at radius 1 is 1.25 bits per heavy atom. The fourth-order valence-electron chi connectivity index (χ4n) is 4.02. The van der Waals surface area contributed by atoms with Crippen molar-refractivity contribution in [2.24, 2.45) is 5.92 Å². The van der Waals surface area contributed by atoms with E-state index in [1.165, 1.54) is 11.3 Å². The predicted octanol–water partition coefficient (Wildman–Crippen LogP) is 5.53. The van der Waals surface area contributed by atoms with Crippen LogP contribution in [0.1, 0.15) is 43.0 Å². The van der Waals surface area contributed by atoms with E-state index < -0.39 is 0 Å². The van der Waals surface area contributed by atoms with Gasteiger partial charge in [-0.05, 0) is 42.5 Å². The zero-order valence-corrected chi connectivity index (χ0v) is 20.0. The van der Waals surface area contributed by atoms with Gasteiger partial charge in [-0.1, -0.05) is 54.8 Å². The van der Waals surface area contributed by atoms with Gasteiger partial charge in [-0.2, -0.15) is 0 Å². The second kappa shape index (κ2) is 12.2. The Balaban J connectivity index is 1.59. The third-order valence-corrected chi connectivity index (χ3v) is 6.95. The molecule has 2 heterocycles. The fraction of sp³-hybridized carbons (Fsp3) is 0.522. The molecule has 0 radical (unpaired) electrons. The smallest absolute Gasteiger partial charge is 0.324 e. The summed E-state index contributed by atoms with van der Waals surface area (Å²) in [5, 5.41) is 15.0. The minimum absolute atomic E-state index is 0.0294. The Kier molecular flexibility index (Phi) is 9.32. The molecule has 1 aromatic heterocycles. The predicted molar refractivity (Wildman–Crippen MR) is 129 cm³/mol. The van der Waals surface area contributed by atoms with Crippen LogP contribution in [0.25, 0.3) is 0 Å². The number of nitro groups is 1. The molecule has 1 saturated heterocycles. The quantitative estimate of drug-likeness (QED) is 0.261. The lowest BCUT2D eigenvalue weighted by molar-refractivity contribution is -0.380. The van der Waals surface area contributed by atoms with Gasteiger partial charge < -0.3 is 10.2 Å². The van der Waals surface area contributed by atoms with E-state index in [1.54, 1.807) is 6.07 Å². The summed E-state index contributed by atoms with van der Waals surface area (Å²) in [7, 11) is 0. The van der Waals surface area contributed by atoms with Crippen LogP contribution in [-0.2, 0) is 13.1 Å². The number of unbranched alkanes of at least 4 members (excludes halogenated alkanes) is 2. The van der Waals surface area contributed by atoms with Crippen LogP contribution in [0.5, 0.6) is 0 Å². The molecule has 0 unspecified atom stereocenters. The number of carbonyl (C=O) groups excluding carboxylic acids is 1. The highest BCUT2D eigenvalue weighted by atomic mass is 35.5. The average molecular weight is 479 g/mol. The number of amides is 2. The van der Waals surface area contributed by atoms with E-state index in [0.717, 1.165) is 68.8 Å². The lowest BCUT2D eigenvalue weighted by atomic mass is 10.1. The van der Waals surface area contributed by atoms with E-state index in [9.17, 15) is 14.9 Å². The third kappa shape index (κ3) is 7.46. The second-order valence-corrected chi connectivity index (χ2v) is 9.92. The Labute approximate surface area is 198 Å². The molecular weight excluding hydrogens is 448 g/mol. The van der Waals surface area contributed by atoms with Crippen molar-refractivity contribution in [2.75, 3.05) is 26.2 Å². The number of hydrogen-bond donors (Lipinski definition) is 1. The van der Waals surface area contributed by atoms with Gasteiger partial charge in [0.25, 0.3) is 0 Å². The van der Waals surface area contributed by atoms with Crippen LogP contribution in [0.15, 0.2) is 36.4 Å². The molecule has 2 amide bonds. The molecule has 1 aliphatic heterocycles. The summed E-state index contributed by atoms with van der Waals surface area (Å²) >= 11 is 7.25. The normalized spacial score (nSPS) is 16.0. The molecule has 1 N–H and O–H groups in total. The Hall–Kier alpha value is -2.16. The molecular formula is C23H31ClN4O3S. The summed E-state index contributed by atoms with van der Waals surface area (Å²) < 4.78 is 0. The Morgan fingerprint density at radius 3 is 2.72 bits per heavy atom. The van der Waals surface area contributed by atoms with Gasteiger partial charge in [-0.25, -0.2) is 4.79 Å². The van der Waals surface area contributed by atoms with Crippen molar-refractivity contribution in [1.82, 2.24) is 15.1 Å². The number of urea groups is 1. The van der Waals surface area contributed by atoms with Crippen LogP contribution in [-0.4, -0.2) is 46.9 Å². The van der Waals surface area contributed by atoms with Crippen LogP contribution in [0.2, 0.25) is 5.02 Å². The molecule has 1 fully saturated rings. The highest BCUT2D eigenvalue weighted by Gasteiger charge is 2.28. The van der Waals surface area contributed by atoms with Crippen LogP contribution >= 0.6 is 22.9 Å². The van der Waals surface area contributed by atoms with Crippen LogP contribution in [0.4, 0.5) is 9.80 Å². The van der Waals surface area contributed by atoms with Crippen molar-refractivity contribution < 1.29 is 9.72 Å². The number of nitrogens with one attached hydrogen (secondary N) is 1. The maximum atomic E-state index is 12.4. The van der Waals surface area contributed by atoms with Crippen LogP contribution in [0, 0.1) is 16.0 Å². The summed E-state index contributed by atoms with van der Waals surface area (Å²) in [6.07, 6.45) is 4.24. The zero-order chi connectivity index (χ0) is 22.9. The van der Waals surface area contributed by atoms with E-state index >= 15 is 0 Å². The van der Waals surface area contributed by atoms with Gasteiger partial charge in [0.15, 0.2) is 0 Å². The summed E-state index contributed by atoms with van der Waals surface area (Å²) in [5.41, 5.74) is 1.14. The molecule has 32 heavy (non-hydrogen) atoms. The van der Waals surface area contributed by atoms with Crippen molar-refractivity contribution in [3.63, 3.8) is 0 Å². The molecule has 174 valence electrons. The third-order valence-electron chi connectivity index (χ3n) is 5.67. The number of hydrogen-bond acceptors (Lipinski definition) is 5. The topological polar surface area (TPSA) is 78.7 Å². The Morgan fingerprint density at radius 2 is 2.03 bits per heavy atom. The number of likely N-dealkylation sites (tertiary alicyclic amines) is 1. The maximum Gasteiger partial charge on any atom is 0.324 e. The first-order valence-corrected chi connectivity index (χ1v) is 12.4. The minimum Gasteiger partial charge on any atom is -0.338 e. The number of halogens is 1. The number of carbonyl (C=O) groups is 1. The first kappa shape index (κ1) is 24.5. The molecule has 7 nitrogen and oxygen atoms in total. The largest absolute Gasteiger partial charge is 0.338 e. The molecule has 0 spiro atoms. The molecule has 2 aromatic rings. The summed E-state index contributed by atoms with van der Waals surface area (Å²) in [5.74, 6) is 0.374. The van der Waals surface area contributed by atoms with Crippen molar-refractivity contribution in [3.8, 4) is 0 Å². The lowest BCUT2D eigenvalue weighted by Gasteiger charge is -2.25. The molecule has 1 aliphatic rings. The molecule has 0 aliphatic carbocycles.